The van der Waals surface area contributed by atoms with Gasteiger partial charge in [0.25, 0.3) is 5.91 Å². The molecule has 9 nitrogen and oxygen atoms in total. The van der Waals surface area contributed by atoms with Gasteiger partial charge in [-0.2, -0.15) is 0 Å². The largest absolute Gasteiger partial charge is 0.452 e. The molecule has 0 bridgehead atoms. The Morgan fingerprint density at radius 2 is 2.05 bits per heavy atom. The Labute approximate surface area is 210 Å². The molecule has 0 aliphatic carbocycles. The van der Waals surface area contributed by atoms with E-state index in [0.717, 1.165) is 42.6 Å². The number of amides is 1. The number of ether oxygens (including phenoxy) is 1. The van der Waals surface area contributed by atoms with Gasteiger partial charge in [0, 0.05) is 23.7 Å². The van der Waals surface area contributed by atoms with Crippen molar-refractivity contribution in [3.8, 4) is 17.2 Å². The lowest BCUT2D eigenvalue weighted by atomic mass is 10.0. The molecule has 3 aromatic carbocycles. The molecule has 1 aromatic heterocycles. The van der Waals surface area contributed by atoms with E-state index >= 15 is 4.39 Å². The minimum atomic E-state index is -0.907. The van der Waals surface area contributed by atoms with E-state index in [9.17, 15) is 9.59 Å². The minimum Gasteiger partial charge on any atom is -0.452 e. The van der Waals surface area contributed by atoms with Crippen molar-refractivity contribution < 1.29 is 13.9 Å². The van der Waals surface area contributed by atoms with E-state index in [1.54, 1.807) is 10.6 Å². The van der Waals surface area contributed by atoms with Gasteiger partial charge in [-0.05, 0) is 67.4 Å². The third-order valence-electron chi connectivity index (χ3n) is 7.29. The number of benzene rings is 3. The summed E-state index contributed by atoms with van der Waals surface area (Å²) in [5.74, 6) is -1.11. The van der Waals surface area contributed by atoms with Crippen LogP contribution in [0.1, 0.15) is 29.6 Å². The van der Waals surface area contributed by atoms with Crippen molar-refractivity contribution in [3.63, 3.8) is 0 Å². The van der Waals surface area contributed by atoms with Crippen molar-refractivity contribution in [2.45, 2.75) is 25.3 Å². The fourth-order valence-electron chi connectivity index (χ4n) is 5.38. The maximum atomic E-state index is 15.1. The van der Waals surface area contributed by atoms with Crippen molar-refractivity contribution >= 4 is 33.3 Å². The summed E-state index contributed by atoms with van der Waals surface area (Å²) in [6, 6.07) is 12.7. The van der Waals surface area contributed by atoms with Crippen LogP contribution in [0.2, 0.25) is 0 Å². The lowest BCUT2D eigenvalue weighted by molar-refractivity contribution is 0.0949. The third-order valence-corrected chi connectivity index (χ3v) is 7.29. The summed E-state index contributed by atoms with van der Waals surface area (Å²) >= 11 is 0. The number of pyridine rings is 1. The van der Waals surface area contributed by atoms with Crippen LogP contribution in [-0.4, -0.2) is 41.6 Å². The van der Waals surface area contributed by atoms with E-state index in [1.165, 1.54) is 6.20 Å². The smallest absolute Gasteiger partial charge is 0.256 e. The predicted octanol–water partition coefficient (Wildman–Crippen LogP) is 5.54. The number of aromatic nitrogens is 1. The molecule has 6 rings (SSSR count). The van der Waals surface area contributed by atoms with E-state index < -0.39 is 17.2 Å². The first-order valence-electron chi connectivity index (χ1n) is 12.1. The van der Waals surface area contributed by atoms with Gasteiger partial charge in [0.1, 0.15) is 22.6 Å². The monoisotopic (exact) mass is 498 g/mol. The Morgan fingerprint density at radius 3 is 2.78 bits per heavy atom. The van der Waals surface area contributed by atoms with Crippen LogP contribution in [0.5, 0.6) is 11.5 Å². The number of fused-ring (bicyclic) bond motifs is 3. The summed E-state index contributed by atoms with van der Waals surface area (Å²) in [5, 5.41) is 8.13. The molecule has 2 aliphatic rings. The molecule has 1 N–H and O–H groups in total. The Hall–Kier alpha value is -4.40. The van der Waals surface area contributed by atoms with Crippen molar-refractivity contribution in [2.75, 3.05) is 20.1 Å². The van der Waals surface area contributed by atoms with Crippen molar-refractivity contribution in [3.05, 3.63) is 80.7 Å². The normalized spacial score (nSPS) is 16.3. The molecule has 186 valence electrons. The number of hydrogen-bond acceptors (Lipinski definition) is 5. The fourth-order valence-corrected chi connectivity index (χ4v) is 5.38. The number of rotatable bonds is 5. The number of halogens is 1. The third kappa shape index (κ3) is 3.78. The van der Waals surface area contributed by atoms with Gasteiger partial charge >= 0.3 is 0 Å². The molecule has 1 saturated heterocycles. The van der Waals surface area contributed by atoms with Crippen molar-refractivity contribution in [1.29, 1.82) is 0 Å². The molecule has 2 aliphatic heterocycles. The molecule has 0 unspecified atom stereocenters. The number of nitrogens with zero attached hydrogens (tertiary/aromatic N) is 5. The Bertz CT molecular complexity index is 1710. The SMILES string of the molecule is CN1CCC[C@H]1CCNC(=O)c1cn2c3c(c(N=[N+]=[N-])c(F)cc3c1=O)Oc1cc3ccccc3cc1-2. The van der Waals surface area contributed by atoms with Crippen LogP contribution >= 0.6 is 0 Å². The molecule has 1 amide bonds. The second-order valence-electron chi connectivity index (χ2n) is 9.45. The molecular weight excluding hydrogens is 475 g/mol. The predicted molar refractivity (Wildman–Crippen MR) is 138 cm³/mol. The lowest BCUT2D eigenvalue weighted by Gasteiger charge is -2.25. The zero-order chi connectivity index (χ0) is 25.7. The highest BCUT2D eigenvalue weighted by molar-refractivity contribution is 6.01. The first kappa shape index (κ1) is 23.0. The summed E-state index contributed by atoms with van der Waals surface area (Å²) in [6.07, 6.45) is 4.45. The number of nitrogens with one attached hydrogen (secondary N) is 1. The number of carbonyl (C=O) groups excluding carboxylic acids is 1. The van der Waals surface area contributed by atoms with E-state index in [2.05, 4.69) is 27.3 Å². The average molecular weight is 499 g/mol. The summed E-state index contributed by atoms with van der Waals surface area (Å²) in [4.78, 5) is 31.6. The van der Waals surface area contributed by atoms with Gasteiger partial charge in [0.05, 0.1) is 11.1 Å². The Morgan fingerprint density at radius 1 is 1.27 bits per heavy atom. The molecule has 1 fully saturated rings. The summed E-state index contributed by atoms with van der Waals surface area (Å²) in [6.45, 7) is 1.46. The van der Waals surface area contributed by atoms with Gasteiger partial charge in [0.2, 0.25) is 5.43 Å². The molecule has 0 spiro atoms. The van der Waals surface area contributed by atoms with Crippen LogP contribution in [0, 0.1) is 5.82 Å². The van der Waals surface area contributed by atoms with Crippen LogP contribution in [0.3, 0.4) is 0 Å². The zero-order valence-electron chi connectivity index (χ0n) is 20.1. The second kappa shape index (κ2) is 8.92. The summed E-state index contributed by atoms with van der Waals surface area (Å²) in [7, 11) is 2.07. The molecular formula is C27H23FN6O3. The lowest BCUT2D eigenvalue weighted by Crippen LogP contribution is -2.34. The average Bonchev–Trinajstić information content (AvgIpc) is 3.30. The summed E-state index contributed by atoms with van der Waals surface area (Å²) in [5.41, 5.74) is 8.77. The topological polar surface area (TPSA) is 112 Å². The highest BCUT2D eigenvalue weighted by Gasteiger charge is 2.28. The van der Waals surface area contributed by atoms with Crippen molar-refractivity contribution in [2.24, 2.45) is 5.11 Å². The van der Waals surface area contributed by atoms with Gasteiger partial charge in [-0.3, -0.25) is 9.59 Å². The van der Waals surface area contributed by atoms with Crippen LogP contribution < -0.4 is 15.5 Å². The molecule has 4 aromatic rings. The highest BCUT2D eigenvalue weighted by atomic mass is 19.1. The minimum absolute atomic E-state index is 0.0358. The molecule has 1 atom stereocenters. The van der Waals surface area contributed by atoms with Crippen LogP contribution in [0.4, 0.5) is 10.1 Å². The van der Waals surface area contributed by atoms with Gasteiger partial charge in [-0.25, -0.2) is 4.39 Å². The first-order valence-corrected chi connectivity index (χ1v) is 12.1. The fraction of sp³-hybridized carbons (Fsp3) is 0.259. The van der Waals surface area contributed by atoms with Crippen LogP contribution in [-0.2, 0) is 0 Å². The molecule has 37 heavy (non-hydrogen) atoms. The standard InChI is InChI=1S/C27H23FN6O3/c1-33-10-4-7-17(33)8-9-30-27(36)19-14-34-21-11-15-5-2-3-6-16(15)12-22(21)37-26-23(31-32-29)20(28)13-18(24(26)34)25(19)35/h2-3,5-6,11-14,17H,4,7-10H2,1H3,(H,30,36)/t17-/m0/s1. The zero-order valence-corrected chi connectivity index (χ0v) is 20.1. The Balaban J connectivity index is 1.51. The molecule has 0 radical (unpaired) electrons. The van der Waals surface area contributed by atoms with E-state index in [0.29, 0.717) is 24.0 Å². The van der Waals surface area contributed by atoms with E-state index in [4.69, 9.17) is 10.3 Å². The maximum absolute atomic E-state index is 15.1. The molecule has 10 heteroatoms. The van der Waals surface area contributed by atoms with Crippen LogP contribution in [0.15, 0.2) is 58.6 Å². The Kier molecular flexibility index (Phi) is 5.55. The maximum Gasteiger partial charge on any atom is 0.256 e. The molecule has 0 saturated carbocycles. The highest BCUT2D eigenvalue weighted by Crippen LogP contribution is 2.47. The second-order valence-corrected chi connectivity index (χ2v) is 9.45. The molecule has 3 heterocycles. The van der Waals surface area contributed by atoms with E-state index in [-0.39, 0.29) is 27.9 Å². The number of azide groups is 1. The van der Waals surface area contributed by atoms with Crippen LogP contribution in [0.25, 0.3) is 37.8 Å². The number of hydrogen-bond donors (Lipinski definition) is 1. The number of carbonyl (C=O) groups is 1. The quantitative estimate of drug-likeness (QED) is 0.195. The van der Waals surface area contributed by atoms with E-state index in [1.807, 2.05) is 30.3 Å². The summed E-state index contributed by atoms with van der Waals surface area (Å²) < 4.78 is 22.8. The van der Waals surface area contributed by atoms with Gasteiger partial charge in [-0.15, -0.1) is 0 Å². The van der Waals surface area contributed by atoms with Gasteiger partial charge < -0.3 is 19.5 Å². The van der Waals surface area contributed by atoms with Gasteiger partial charge in [0.15, 0.2) is 11.5 Å². The number of likely N-dealkylation sites (tertiary alicyclic amines) is 1. The first-order chi connectivity index (χ1) is 18.0. The van der Waals surface area contributed by atoms with Gasteiger partial charge in [-0.1, -0.05) is 29.4 Å². The van der Waals surface area contributed by atoms with Crippen molar-refractivity contribution in [1.82, 2.24) is 14.8 Å².